The number of nitriles is 1. The third-order valence-electron chi connectivity index (χ3n) is 0.626. The number of rotatable bonds is 4. The van der Waals surface area contributed by atoms with Gasteiger partial charge in [0.1, 0.15) is 6.79 Å². The smallest absolute Gasteiger partial charge is 0.163 e. The van der Waals surface area contributed by atoms with Gasteiger partial charge in [0.2, 0.25) is 0 Å². The molecule has 0 aliphatic carbocycles. The van der Waals surface area contributed by atoms with E-state index in [1.807, 2.05) is 0 Å². The van der Waals surface area contributed by atoms with Gasteiger partial charge in [0.25, 0.3) is 0 Å². The number of methoxy groups -OCH3 is 1. The molecule has 1 atom stereocenters. The Kier molecular flexibility index (Phi) is 5.12. The Morgan fingerprint density at radius 1 is 1.78 bits per heavy atom. The fourth-order valence-electron chi connectivity index (χ4n) is 0.280. The minimum atomic E-state index is -1.04. The van der Waals surface area contributed by atoms with Crippen molar-refractivity contribution >= 4 is 0 Å². The Hall–Kier alpha value is -0.630. The van der Waals surface area contributed by atoms with E-state index in [0.717, 1.165) is 0 Å². The first kappa shape index (κ1) is 8.37. The minimum Gasteiger partial charge on any atom is -0.376 e. The fourth-order valence-corrected chi connectivity index (χ4v) is 0.280. The molecular formula is C5H9NO3. The molecule has 9 heavy (non-hydrogen) atoms. The van der Waals surface area contributed by atoms with Crippen molar-refractivity contribution in [3.05, 3.63) is 0 Å². The second-order valence-corrected chi connectivity index (χ2v) is 1.42. The maximum absolute atomic E-state index is 8.54. The first-order valence-electron chi connectivity index (χ1n) is 2.45. The lowest BCUT2D eigenvalue weighted by molar-refractivity contribution is -0.0515. The van der Waals surface area contributed by atoms with E-state index < -0.39 is 6.10 Å². The monoisotopic (exact) mass is 131 g/mol. The summed E-state index contributed by atoms with van der Waals surface area (Å²) in [5, 5.41) is 16.6. The highest BCUT2D eigenvalue weighted by molar-refractivity contribution is 4.80. The van der Waals surface area contributed by atoms with Gasteiger partial charge in [-0.1, -0.05) is 0 Å². The molecule has 0 unspecified atom stereocenters. The van der Waals surface area contributed by atoms with Gasteiger partial charge in [-0.15, -0.1) is 0 Å². The van der Waals surface area contributed by atoms with Crippen LogP contribution in [-0.2, 0) is 9.47 Å². The zero-order chi connectivity index (χ0) is 7.11. The predicted molar refractivity (Wildman–Crippen MR) is 29.4 cm³/mol. The Bertz CT molecular complexity index is 98.9. The molecule has 0 radical (unpaired) electrons. The molecule has 0 aliphatic rings. The summed E-state index contributed by atoms with van der Waals surface area (Å²) in [6.45, 7) is 0.114. The molecule has 1 N–H and O–H groups in total. The summed E-state index contributed by atoms with van der Waals surface area (Å²) >= 11 is 0. The Morgan fingerprint density at radius 2 is 2.44 bits per heavy atom. The lowest BCUT2D eigenvalue weighted by Crippen LogP contribution is -2.13. The number of ether oxygens (including phenoxy) is 2. The predicted octanol–water partition coefficient (Wildman–Crippen LogP) is -0.509. The zero-order valence-electron chi connectivity index (χ0n) is 5.20. The van der Waals surface area contributed by atoms with Crippen molar-refractivity contribution in [2.75, 3.05) is 20.5 Å². The third-order valence-corrected chi connectivity index (χ3v) is 0.626. The summed E-state index contributed by atoms with van der Waals surface area (Å²) in [7, 11) is 1.47. The van der Waals surface area contributed by atoms with Crippen molar-refractivity contribution in [2.45, 2.75) is 6.10 Å². The summed E-state index contributed by atoms with van der Waals surface area (Å²) in [5.74, 6) is 0. The van der Waals surface area contributed by atoms with Crippen LogP contribution in [0.4, 0.5) is 0 Å². The van der Waals surface area contributed by atoms with Crippen LogP contribution >= 0.6 is 0 Å². The molecule has 0 bridgehead atoms. The molecule has 0 aromatic rings. The first-order valence-corrected chi connectivity index (χ1v) is 2.45. The Balaban J connectivity index is 2.99. The summed E-state index contributed by atoms with van der Waals surface area (Å²) in [6, 6.07) is 1.60. The van der Waals surface area contributed by atoms with Crippen molar-refractivity contribution in [1.29, 1.82) is 5.26 Å². The van der Waals surface area contributed by atoms with Crippen LogP contribution < -0.4 is 0 Å². The van der Waals surface area contributed by atoms with Gasteiger partial charge in [-0.05, 0) is 0 Å². The molecule has 0 saturated carbocycles. The van der Waals surface area contributed by atoms with Crippen LogP contribution in [0.25, 0.3) is 0 Å². The van der Waals surface area contributed by atoms with E-state index >= 15 is 0 Å². The molecule has 0 rings (SSSR count). The van der Waals surface area contributed by atoms with Crippen LogP contribution in [0.2, 0.25) is 0 Å². The van der Waals surface area contributed by atoms with Crippen LogP contribution in [0, 0.1) is 11.3 Å². The highest BCUT2D eigenvalue weighted by Crippen LogP contribution is 1.81. The maximum Gasteiger partial charge on any atom is 0.163 e. The average molecular weight is 131 g/mol. The van der Waals surface area contributed by atoms with Crippen molar-refractivity contribution in [1.82, 2.24) is 0 Å². The molecule has 0 aromatic carbocycles. The average Bonchev–Trinajstić information content (AvgIpc) is 1.89. The topological polar surface area (TPSA) is 62.5 Å². The van der Waals surface area contributed by atoms with Crippen LogP contribution in [-0.4, -0.2) is 31.7 Å². The second kappa shape index (κ2) is 5.51. The summed E-state index contributed by atoms with van der Waals surface area (Å²) < 4.78 is 9.13. The number of hydrogen-bond donors (Lipinski definition) is 1. The van der Waals surface area contributed by atoms with Crippen LogP contribution in [0.1, 0.15) is 0 Å². The van der Waals surface area contributed by atoms with Crippen LogP contribution in [0.5, 0.6) is 0 Å². The molecule has 52 valence electrons. The molecule has 0 spiro atoms. The second-order valence-electron chi connectivity index (χ2n) is 1.42. The lowest BCUT2D eigenvalue weighted by Gasteiger charge is -2.01. The first-order chi connectivity index (χ1) is 4.31. The third kappa shape index (κ3) is 5.24. The number of hydrogen-bond acceptors (Lipinski definition) is 4. The fraction of sp³-hybridized carbons (Fsp3) is 0.800. The van der Waals surface area contributed by atoms with Gasteiger partial charge in [-0.3, -0.25) is 0 Å². The van der Waals surface area contributed by atoms with Gasteiger partial charge in [-0.2, -0.15) is 5.26 Å². The van der Waals surface area contributed by atoms with E-state index in [0.29, 0.717) is 0 Å². The number of aliphatic hydroxyl groups excluding tert-OH is 1. The quantitative estimate of drug-likeness (QED) is 0.317. The van der Waals surface area contributed by atoms with E-state index in [-0.39, 0.29) is 13.4 Å². The van der Waals surface area contributed by atoms with Gasteiger partial charge in [0.05, 0.1) is 12.7 Å². The molecule has 0 amide bonds. The molecular weight excluding hydrogens is 122 g/mol. The summed E-state index contributed by atoms with van der Waals surface area (Å²) in [6.07, 6.45) is -1.04. The molecule has 0 aliphatic heterocycles. The van der Waals surface area contributed by atoms with Gasteiger partial charge < -0.3 is 14.6 Å². The molecule has 0 saturated heterocycles. The molecule has 0 heterocycles. The highest BCUT2D eigenvalue weighted by Gasteiger charge is 1.98. The normalized spacial score (nSPS) is 12.6. The molecule has 0 fully saturated rings. The minimum absolute atomic E-state index is 0.00431. The Morgan fingerprint density at radius 3 is 2.89 bits per heavy atom. The van der Waals surface area contributed by atoms with Crippen molar-refractivity contribution in [2.24, 2.45) is 0 Å². The number of aliphatic hydroxyl groups is 1. The van der Waals surface area contributed by atoms with Crippen molar-refractivity contribution in [3.63, 3.8) is 0 Å². The lowest BCUT2D eigenvalue weighted by atomic mass is 10.4. The molecule has 4 nitrogen and oxygen atoms in total. The van der Waals surface area contributed by atoms with Crippen LogP contribution in [0.3, 0.4) is 0 Å². The SMILES string of the molecule is COCOC[C@H](O)C#N. The van der Waals surface area contributed by atoms with E-state index in [4.69, 9.17) is 10.4 Å². The van der Waals surface area contributed by atoms with Gasteiger partial charge >= 0.3 is 0 Å². The van der Waals surface area contributed by atoms with E-state index in [1.54, 1.807) is 6.07 Å². The Labute approximate surface area is 53.6 Å². The standard InChI is InChI=1S/C5H9NO3/c1-8-4-9-3-5(7)2-6/h5,7H,3-4H2,1H3/t5-/m1/s1. The molecule has 4 heteroatoms. The van der Waals surface area contributed by atoms with Crippen molar-refractivity contribution < 1.29 is 14.6 Å². The molecule has 0 aromatic heterocycles. The van der Waals surface area contributed by atoms with Gasteiger partial charge in [0.15, 0.2) is 6.10 Å². The number of nitrogens with zero attached hydrogens (tertiary/aromatic N) is 1. The maximum atomic E-state index is 8.54. The summed E-state index contributed by atoms with van der Waals surface area (Å²) in [5.41, 5.74) is 0. The van der Waals surface area contributed by atoms with Gasteiger partial charge in [0, 0.05) is 7.11 Å². The van der Waals surface area contributed by atoms with Gasteiger partial charge in [-0.25, -0.2) is 0 Å². The highest BCUT2D eigenvalue weighted by atomic mass is 16.7. The van der Waals surface area contributed by atoms with Crippen LogP contribution in [0.15, 0.2) is 0 Å². The van der Waals surface area contributed by atoms with E-state index in [1.165, 1.54) is 7.11 Å². The van der Waals surface area contributed by atoms with E-state index in [9.17, 15) is 0 Å². The largest absolute Gasteiger partial charge is 0.376 e. The van der Waals surface area contributed by atoms with Crippen molar-refractivity contribution in [3.8, 4) is 6.07 Å². The van der Waals surface area contributed by atoms with E-state index in [2.05, 4.69) is 9.47 Å². The zero-order valence-corrected chi connectivity index (χ0v) is 5.20. The summed E-state index contributed by atoms with van der Waals surface area (Å²) in [4.78, 5) is 0.